The van der Waals surface area contributed by atoms with Crippen LogP contribution in [0.2, 0.25) is 0 Å². The number of anilines is 1. The van der Waals surface area contributed by atoms with E-state index in [4.69, 9.17) is 10.3 Å². The molecule has 0 saturated heterocycles. The van der Waals surface area contributed by atoms with Crippen LogP contribution in [0.25, 0.3) is 10.1 Å². The predicted octanol–water partition coefficient (Wildman–Crippen LogP) is 2.85. The number of aryl methyl sites for hydroxylation is 1. The van der Waals surface area contributed by atoms with Gasteiger partial charge < -0.3 is 15.6 Å². The number of carbonyl (C=O) groups excluding carboxylic acids is 1. The first-order valence-electron chi connectivity index (χ1n) is 6.23. The molecule has 0 aliphatic rings. The number of aromatic nitrogens is 1. The molecule has 3 N–H and O–H groups in total. The molecule has 3 rings (SSSR count). The van der Waals surface area contributed by atoms with Crippen LogP contribution in [0.5, 0.6) is 0 Å². The SMILES string of the molecule is Cc1cc(CNC(=O)c2sc3cccc(F)c3c2N)no1. The van der Waals surface area contributed by atoms with E-state index >= 15 is 0 Å². The fraction of sp³-hybridized carbons (Fsp3) is 0.143. The largest absolute Gasteiger partial charge is 0.397 e. The summed E-state index contributed by atoms with van der Waals surface area (Å²) in [6.45, 7) is 2.00. The summed E-state index contributed by atoms with van der Waals surface area (Å²) in [5.41, 5.74) is 6.68. The van der Waals surface area contributed by atoms with Gasteiger partial charge in [-0.3, -0.25) is 4.79 Å². The van der Waals surface area contributed by atoms with Crippen LogP contribution in [0.4, 0.5) is 10.1 Å². The summed E-state index contributed by atoms with van der Waals surface area (Å²) >= 11 is 1.17. The van der Waals surface area contributed by atoms with Crippen molar-refractivity contribution in [2.45, 2.75) is 13.5 Å². The van der Waals surface area contributed by atoms with E-state index in [1.165, 1.54) is 17.4 Å². The Bertz CT molecular complexity index is 825. The second-order valence-electron chi connectivity index (χ2n) is 4.57. The molecule has 0 radical (unpaired) electrons. The lowest BCUT2D eigenvalue weighted by molar-refractivity contribution is 0.0955. The molecule has 1 aromatic carbocycles. The fourth-order valence-corrected chi connectivity index (χ4v) is 3.10. The predicted molar refractivity (Wildman–Crippen MR) is 78.6 cm³/mol. The van der Waals surface area contributed by atoms with Crippen molar-refractivity contribution >= 4 is 33.0 Å². The summed E-state index contributed by atoms with van der Waals surface area (Å²) in [5.74, 6) is -0.108. The van der Waals surface area contributed by atoms with Gasteiger partial charge in [0, 0.05) is 10.8 Å². The molecule has 7 heteroatoms. The van der Waals surface area contributed by atoms with Gasteiger partial charge in [0.15, 0.2) is 0 Å². The van der Waals surface area contributed by atoms with Crippen molar-refractivity contribution in [3.63, 3.8) is 0 Å². The molecule has 108 valence electrons. The second-order valence-corrected chi connectivity index (χ2v) is 5.62. The Morgan fingerprint density at radius 3 is 3.00 bits per heavy atom. The van der Waals surface area contributed by atoms with E-state index in [0.29, 0.717) is 26.4 Å². The molecular weight excluding hydrogens is 293 g/mol. The average molecular weight is 305 g/mol. The van der Waals surface area contributed by atoms with Crippen LogP contribution in [0.15, 0.2) is 28.8 Å². The first-order valence-corrected chi connectivity index (χ1v) is 7.05. The fourth-order valence-electron chi connectivity index (χ4n) is 2.05. The van der Waals surface area contributed by atoms with Crippen molar-refractivity contribution in [3.05, 3.63) is 46.4 Å². The molecule has 0 unspecified atom stereocenters. The highest BCUT2D eigenvalue weighted by molar-refractivity contribution is 7.21. The Morgan fingerprint density at radius 2 is 2.33 bits per heavy atom. The Morgan fingerprint density at radius 1 is 1.52 bits per heavy atom. The van der Waals surface area contributed by atoms with E-state index in [-0.39, 0.29) is 18.1 Å². The molecule has 2 aromatic heterocycles. The summed E-state index contributed by atoms with van der Waals surface area (Å²) in [4.78, 5) is 12.5. The molecular formula is C14H12FN3O2S. The van der Waals surface area contributed by atoms with Crippen molar-refractivity contribution in [2.24, 2.45) is 0 Å². The van der Waals surface area contributed by atoms with E-state index in [1.807, 2.05) is 0 Å². The summed E-state index contributed by atoms with van der Waals surface area (Å²) in [7, 11) is 0. The lowest BCUT2D eigenvalue weighted by Crippen LogP contribution is -2.22. The first-order chi connectivity index (χ1) is 10.1. The number of hydrogen-bond donors (Lipinski definition) is 2. The third kappa shape index (κ3) is 2.47. The van der Waals surface area contributed by atoms with E-state index in [1.54, 1.807) is 25.1 Å². The highest BCUT2D eigenvalue weighted by Gasteiger charge is 2.18. The molecule has 2 heterocycles. The summed E-state index contributed by atoms with van der Waals surface area (Å²) in [6, 6.07) is 6.38. The number of halogens is 1. The quantitative estimate of drug-likeness (QED) is 0.779. The normalized spacial score (nSPS) is 11.0. The Labute approximate surface area is 123 Å². The van der Waals surface area contributed by atoms with Crippen LogP contribution in [0.1, 0.15) is 21.1 Å². The Hall–Kier alpha value is -2.41. The van der Waals surface area contributed by atoms with Gasteiger partial charge in [-0.15, -0.1) is 11.3 Å². The van der Waals surface area contributed by atoms with Gasteiger partial charge in [-0.2, -0.15) is 0 Å². The number of nitrogens with two attached hydrogens (primary N) is 1. The van der Waals surface area contributed by atoms with E-state index in [0.717, 1.165) is 0 Å². The first kappa shape index (κ1) is 13.6. The number of nitrogens with one attached hydrogen (secondary N) is 1. The van der Waals surface area contributed by atoms with Crippen LogP contribution in [-0.2, 0) is 6.54 Å². The molecule has 0 bridgehead atoms. The summed E-state index contributed by atoms with van der Waals surface area (Å²) in [6.07, 6.45) is 0. The molecule has 0 fully saturated rings. The molecule has 0 spiro atoms. The number of nitrogen functional groups attached to an aromatic ring is 1. The molecule has 1 amide bonds. The topological polar surface area (TPSA) is 81.2 Å². The van der Waals surface area contributed by atoms with Crippen LogP contribution >= 0.6 is 11.3 Å². The lowest BCUT2D eigenvalue weighted by atomic mass is 10.2. The number of hydrogen-bond acceptors (Lipinski definition) is 5. The van der Waals surface area contributed by atoms with Crippen molar-refractivity contribution in [1.29, 1.82) is 0 Å². The zero-order valence-corrected chi connectivity index (χ0v) is 12.0. The summed E-state index contributed by atoms with van der Waals surface area (Å²) in [5, 5.41) is 6.78. The summed E-state index contributed by atoms with van der Waals surface area (Å²) < 4.78 is 19.3. The number of rotatable bonds is 3. The molecule has 0 atom stereocenters. The van der Waals surface area contributed by atoms with Gasteiger partial charge >= 0.3 is 0 Å². The van der Waals surface area contributed by atoms with Gasteiger partial charge in [-0.05, 0) is 19.1 Å². The Balaban J connectivity index is 1.84. The highest BCUT2D eigenvalue weighted by atomic mass is 32.1. The van der Waals surface area contributed by atoms with E-state index in [2.05, 4.69) is 10.5 Å². The van der Waals surface area contributed by atoms with Crippen LogP contribution in [0.3, 0.4) is 0 Å². The average Bonchev–Trinajstić information content (AvgIpc) is 3.01. The Kier molecular flexibility index (Phi) is 3.34. The maximum absolute atomic E-state index is 13.7. The monoisotopic (exact) mass is 305 g/mol. The molecule has 0 aliphatic carbocycles. The molecule has 5 nitrogen and oxygen atoms in total. The highest BCUT2D eigenvalue weighted by Crippen LogP contribution is 2.35. The minimum atomic E-state index is -0.424. The van der Waals surface area contributed by atoms with Gasteiger partial charge in [0.25, 0.3) is 5.91 Å². The van der Waals surface area contributed by atoms with Crippen molar-refractivity contribution in [1.82, 2.24) is 10.5 Å². The molecule has 21 heavy (non-hydrogen) atoms. The third-order valence-corrected chi connectivity index (χ3v) is 4.18. The van der Waals surface area contributed by atoms with Crippen LogP contribution < -0.4 is 11.1 Å². The van der Waals surface area contributed by atoms with E-state index in [9.17, 15) is 9.18 Å². The molecule has 0 aliphatic heterocycles. The number of carbonyl (C=O) groups is 1. The molecule has 0 saturated carbocycles. The second kappa shape index (κ2) is 5.17. The van der Waals surface area contributed by atoms with Crippen molar-refractivity contribution < 1.29 is 13.7 Å². The standard InChI is InChI=1S/C14H12FN3O2S/c1-7-5-8(18-20-7)6-17-14(19)13-12(16)11-9(15)3-2-4-10(11)21-13/h2-5H,6,16H2,1H3,(H,17,19). The van der Waals surface area contributed by atoms with Crippen molar-refractivity contribution in [2.75, 3.05) is 5.73 Å². The maximum Gasteiger partial charge on any atom is 0.263 e. The number of thiophene rings is 1. The van der Waals surface area contributed by atoms with Gasteiger partial charge in [0.05, 0.1) is 17.6 Å². The van der Waals surface area contributed by atoms with Crippen molar-refractivity contribution in [3.8, 4) is 0 Å². The zero-order valence-electron chi connectivity index (χ0n) is 11.1. The number of amides is 1. The smallest absolute Gasteiger partial charge is 0.263 e. The number of nitrogens with zero attached hydrogens (tertiary/aromatic N) is 1. The lowest BCUT2D eigenvalue weighted by Gasteiger charge is -2.01. The van der Waals surface area contributed by atoms with Crippen LogP contribution in [0, 0.1) is 12.7 Å². The zero-order chi connectivity index (χ0) is 15.0. The molecule has 3 aromatic rings. The number of fused-ring (bicyclic) bond motifs is 1. The minimum Gasteiger partial charge on any atom is -0.397 e. The van der Waals surface area contributed by atoms with Gasteiger partial charge in [-0.25, -0.2) is 4.39 Å². The number of benzene rings is 1. The third-order valence-electron chi connectivity index (χ3n) is 3.01. The van der Waals surface area contributed by atoms with Gasteiger partial charge in [-0.1, -0.05) is 11.2 Å². The minimum absolute atomic E-state index is 0.168. The van der Waals surface area contributed by atoms with Gasteiger partial charge in [0.2, 0.25) is 0 Å². The maximum atomic E-state index is 13.7. The van der Waals surface area contributed by atoms with E-state index < -0.39 is 5.82 Å². The van der Waals surface area contributed by atoms with Crippen LogP contribution in [-0.4, -0.2) is 11.1 Å². The van der Waals surface area contributed by atoms with Gasteiger partial charge in [0.1, 0.15) is 22.1 Å².